The van der Waals surface area contributed by atoms with Gasteiger partial charge in [-0.1, -0.05) is 28.8 Å². The second-order valence-corrected chi connectivity index (χ2v) is 5.09. The molecule has 0 radical (unpaired) electrons. The predicted molar refractivity (Wildman–Crippen MR) is 62.5 cm³/mol. The first-order valence-corrected chi connectivity index (χ1v) is 6.23. The molecule has 3 nitrogen and oxygen atoms in total. The molecule has 1 fully saturated rings. The highest BCUT2D eigenvalue weighted by molar-refractivity contribution is 9.09. The molecule has 2 rings (SSSR count). The van der Waals surface area contributed by atoms with Crippen molar-refractivity contribution < 1.29 is 4.74 Å². The van der Waals surface area contributed by atoms with Crippen molar-refractivity contribution in [2.75, 3.05) is 7.11 Å². The lowest BCUT2D eigenvalue weighted by Gasteiger charge is -2.27. The van der Waals surface area contributed by atoms with Gasteiger partial charge < -0.3 is 4.74 Å². The monoisotopic (exact) mass is 270 g/mol. The number of aromatic nitrogens is 2. The molecule has 0 aliphatic heterocycles. The lowest BCUT2D eigenvalue weighted by molar-refractivity contribution is 0.377. The maximum Gasteiger partial charge on any atom is 0.316 e. The van der Waals surface area contributed by atoms with Crippen LogP contribution >= 0.6 is 15.9 Å². The van der Waals surface area contributed by atoms with E-state index in [0.29, 0.717) is 16.8 Å². The molecule has 15 heavy (non-hydrogen) atoms. The summed E-state index contributed by atoms with van der Waals surface area (Å²) in [6.07, 6.45) is 8.87. The maximum absolute atomic E-state index is 4.95. The molecule has 0 amide bonds. The molecule has 4 heteroatoms. The fourth-order valence-corrected chi connectivity index (χ4v) is 2.98. The fraction of sp³-hybridized carbons (Fsp3) is 0.636. The molecule has 1 heterocycles. The SMILES string of the molecule is COc1ncc(C2CCCCC2Br)cn1. The van der Waals surface area contributed by atoms with Crippen LogP contribution in [-0.2, 0) is 0 Å². The smallest absolute Gasteiger partial charge is 0.316 e. The number of methoxy groups -OCH3 is 1. The van der Waals surface area contributed by atoms with Crippen molar-refractivity contribution in [2.45, 2.75) is 36.4 Å². The van der Waals surface area contributed by atoms with Crippen LogP contribution in [0.4, 0.5) is 0 Å². The standard InChI is InChI=1S/C11H15BrN2O/c1-15-11-13-6-8(7-14-11)9-4-2-3-5-10(9)12/h6-7,9-10H,2-5H2,1H3. The van der Waals surface area contributed by atoms with Gasteiger partial charge in [0.2, 0.25) is 0 Å². The van der Waals surface area contributed by atoms with Crippen LogP contribution in [0, 0.1) is 0 Å². The van der Waals surface area contributed by atoms with Gasteiger partial charge in [0.05, 0.1) is 7.11 Å². The van der Waals surface area contributed by atoms with Gasteiger partial charge >= 0.3 is 6.01 Å². The first-order valence-electron chi connectivity index (χ1n) is 5.31. The molecular weight excluding hydrogens is 256 g/mol. The number of hydrogen-bond acceptors (Lipinski definition) is 3. The lowest BCUT2D eigenvalue weighted by Crippen LogP contribution is -2.17. The van der Waals surface area contributed by atoms with Crippen molar-refractivity contribution in [1.29, 1.82) is 0 Å². The summed E-state index contributed by atoms with van der Waals surface area (Å²) in [4.78, 5) is 8.88. The van der Waals surface area contributed by atoms with Crippen molar-refractivity contribution >= 4 is 15.9 Å². The summed E-state index contributed by atoms with van der Waals surface area (Å²) < 4.78 is 4.95. The molecule has 0 bridgehead atoms. The Morgan fingerprint density at radius 1 is 1.27 bits per heavy atom. The number of alkyl halides is 1. The zero-order chi connectivity index (χ0) is 10.7. The van der Waals surface area contributed by atoms with E-state index in [1.807, 2.05) is 12.4 Å². The van der Waals surface area contributed by atoms with E-state index >= 15 is 0 Å². The number of hydrogen-bond donors (Lipinski definition) is 0. The van der Waals surface area contributed by atoms with E-state index in [1.54, 1.807) is 7.11 Å². The van der Waals surface area contributed by atoms with Crippen LogP contribution in [0.25, 0.3) is 0 Å². The summed E-state index contributed by atoms with van der Waals surface area (Å²) in [5.74, 6) is 0.560. The Hall–Kier alpha value is -0.640. The van der Waals surface area contributed by atoms with Gasteiger partial charge in [-0.25, -0.2) is 9.97 Å². The van der Waals surface area contributed by atoms with E-state index in [0.717, 1.165) is 0 Å². The first kappa shape index (κ1) is 10.9. The summed E-state index contributed by atoms with van der Waals surface area (Å²) in [7, 11) is 1.59. The Balaban J connectivity index is 2.13. The number of ether oxygens (including phenoxy) is 1. The van der Waals surface area contributed by atoms with E-state index in [9.17, 15) is 0 Å². The maximum atomic E-state index is 4.95. The molecule has 1 aromatic rings. The van der Waals surface area contributed by atoms with E-state index in [-0.39, 0.29) is 0 Å². The number of nitrogens with zero attached hydrogens (tertiary/aromatic N) is 2. The summed E-state index contributed by atoms with van der Waals surface area (Å²) in [6, 6.07) is 0.445. The molecule has 0 spiro atoms. The third-order valence-corrected chi connectivity index (χ3v) is 4.04. The molecular formula is C11H15BrN2O. The first-order chi connectivity index (χ1) is 7.31. The van der Waals surface area contributed by atoms with Gasteiger partial charge in [-0.05, 0) is 24.3 Å². The second-order valence-electron chi connectivity index (χ2n) is 3.91. The minimum Gasteiger partial charge on any atom is -0.467 e. The zero-order valence-electron chi connectivity index (χ0n) is 8.82. The molecule has 82 valence electrons. The summed E-state index contributed by atoms with van der Waals surface area (Å²) in [5, 5.41) is 0. The van der Waals surface area contributed by atoms with Crippen molar-refractivity contribution in [1.82, 2.24) is 9.97 Å². The highest BCUT2D eigenvalue weighted by Gasteiger charge is 2.24. The quantitative estimate of drug-likeness (QED) is 0.776. The van der Waals surface area contributed by atoms with Crippen molar-refractivity contribution in [3.63, 3.8) is 0 Å². The van der Waals surface area contributed by atoms with Gasteiger partial charge in [-0.15, -0.1) is 0 Å². The Morgan fingerprint density at radius 2 is 1.93 bits per heavy atom. The normalized spacial score (nSPS) is 26.3. The highest BCUT2D eigenvalue weighted by atomic mass is 79.9. The summed E-state index contributed by atoms with van der Waals surface area (Å²) in [5.41, 5.74) is 1.22. The molecule has 1 aromatic heterocycles. The Morgan fingerprint density at radius 3 is 2.53 bits per heavy atom. The topological polar surface area (TPSA) is 35.0 Å². The molecule has 0 N–H and O–H groups in total. The zero-order valence-corrected chi connectivity index (χ0v) is 10.4. The van der Waals surface area contributed by atoms with Crippen LogP contribution in [-0.4, -0.2) is 21.9 Å². The average Bonchev–Trinajstić information content (AvgIpc) is 2.30. The van der Waals surface area contributed by atoms with Crippen molar-refractivity contribution in [3.8, 4) is 6.01 Å². The van der Waals surface area contributed by atoms with Gasteiger partial charge in [-0.3, -0.25) is 0 Å². The minimum absolute atomic E-state index is 0.445. The van der Waals surface area contributed by atoms with Crippen LogP contribution < -0.4 is 4.74 Å². The van der Waals surface area contributed by atoms with Gasteiger partial charge in [-0.2, -0.15) is 0 Å². The van der Waals surface area contributed by atoms with E-state index < -0.39 is 0 Å². The Labute approximate surface area is 98.4 Å². The second kappa shape index (κ2) is 4.92. The third-order valence-electron chi connectivity index (χ3n) is 2.94. The van der Waals surface area contributed by atoms with Crippen LogP contribution in [0.1, 0.15) is 37.2 Å². The van der Waals surface area contributed by atoms with E-state index in [4.69, 9.17) is 4.74 Å². The van der Waals surface area contributed by atoms with Crippen LogP contribution in [0.15, 0.2) is 12.4 Å². The predicted octanol–water partition coefficient (Wildman–Crippen LogP) is 2.91. The van der Waals surface area contributed by atoms with Crippen LogP contribution in [0.2, 0.25) is 0 Å². The largest absolute Gasteiger partial charge is 0.467 e. The van der Waals surface area contributed by atoms with Gasteiger partial charge in [0, 0.05) is 17.2 Å². The van der Waals surface area contributed by atoms with Crippen molar-refractivity contribution in [2.24, 2.45) is 0 Å². The van der Waals surface area contributed by atoms with Crippen LogP contribution in [0.5, 0.6) is 6.01 Å². The molecule has 1 saturated carbocycles. The fourth-order valence-electron chi connectivity index (χ4n) is 2.08. The van der Waals surface area contributed by atoms with Gasteiger partial charge in [0.15, 0.2) is 0 Å². The van der Waals surface area contributed by atoms with Crippen molar-refractivity contribution in [3.05, 3.63) is 18.0 Å². The molecule has 1 aliphatic rings. The number of halogens is 1. The van der Waals surface area contributed by atoms with Gasteiger partial charge in [0.1, 0.15) is 0 Å². The van der Waals surface area contributed by atoms with E-state index in [2.05, 4.69) is 25.9 Å². The Bertz CT molecular complexity index is 315. The molecule has 2 unspecified atom stereocenters. The van der Waals surface area contributed by atoms with Gasteiger partial charge in [0.25, 0.3) is 0 Å². The van der Waals surface area contributed by atoms with Crippen LogP contribution in [0.3, 0.4) is 0 Å². The third kappa shape index (κ3) is 2.48. The molecule has 2 atom stereocenters. The lowest BCUT2D eigenvalue weighted by atomic mass is 9.85. The Kier molecular flexibility index (Phi) is 3.57. The minimum atomic E-state index is 0.445. The molecule has 1 aliphatic carbocycles. The average molecular weight is 271 g/mol. The number of rotatable bonds is 2. The molecule has 0 saturated heterocycles. The summed E-state index contributed by atoms with van der Waals surface area (Å²) >= 11 is 3.74. The summed E-state index contributed by atoms with van der Waals surface area (Å²) in [6.45, 7) is 0. The molecule has 0 aromatic carbocycles. The van der Waals surface area contributed by atoms with E-state index in [1.165, 1.54) is 31.2 Å². The highest BCUT2D eigenvalue weighted by Crippen LogP contribution is 2.36.